The standard InChI is InChI=1S/C34H18N2/c35-19-21-9-13-23(14-10-21)33-27-7-3-1-5-25(27)29-17-30-26-6-2-4-8-28(26)34(32(30)18-31(29)33)24-15-11-22(20-36)12-16-24/h1-18H. The van der Waals surface area contributed by atoms with Crippen molar-refractivity contribution in [1.82, 2.24) is 0 Å². The quantitative estimate of drug-likeness (QED) is 0.346. The molecular formula is C34H18N2. The number of nitrogens with zero attached hydrogens (tertiary/aromatic N) is 2. The molecule has 0 atom stereocenters. The van der Waals surface area contributed by atoms with Gasteiger partial charge in [0, 0.05) is 0 Å². The Balaban J connectivity index is 1.59. The van der Waals surface area contributed by atoms with Gasteiger partial charge >= 0.3 is 0 Å². The molecule has 0 saturated carbocycles. The third-order valence-corrected chi connectivity index (χ3v) is 7.27. The predicted octanol–water partition coefficient (Wildman–Crippen LogP) is 5.51. The Hall–Kier alpha value is -5.18. The zero-order valence-corrected chi connectivity index (χ0v) is 19.3. The molecule has 2 aliphatic rings. The van der Waals surface area contributed by atoms with Crippen LogP contribution in [-0.2, 0) is 0 Å². The Morgan fingerprint density at radius 2 is 0.889 bits per heavy atom. The van der Waals surface area contributed by atoms with Gasteiger partial charge in [0.05, 0.1) is 23.3 Å². The Morgan fingerprint density at radius 3 is 1.50 bits per heavy atom. The average molecular weight is 455 g/mol. The highest BCUT2D eigenvalue weighted by Gasteiger charge is 2.24. The maximum Gasteiger partial charge on any atom is 0.0991 e. The van der Waals surface area contributed by atoms with Crippen LogP contribution in [0.2, 0.25) is 0 Å². The summed E-state index contributed by atoms with van der Waals surface area (Å²) in [5.41, 5.74) is 10.8. The van der Waals surface area contributed by atoms with Crippen molar-refractivity contribution < 1.29 is 0 Å². The van der Waals surface area contributed by atoms with Crippen molar-refractivity contribution in [3.8, 4) is 23.3 Å². The Labute approximate surface area is 208 Å². The zero-order chi connectivity index (χ0) is 24.2. The van der Waals surface area contributed by atoms with Crippen molar-refractivity contribution in [2.24, 2.45) is 0 Å². The first kappa shape index (κ1) is 20.2. The second-order valence-electron chi connectivity index (χ2n) is 9.16. The number of fused-ring (bicyclic) bond motifs is 5. The molecule has 36 heavy (non-hydrogen) atoms. The largest absolute Gasteiger partial charge is 0.192 e. The van der Waals surface area contributed by atoms with E-state index in [9.17, 15) is 10.5 Å². The molecule has 0 spiro atoms. The van der Waals surface area contributed by atoms with Gasteiger partial charge in [-0.25, -0.2) is 0 Å². The fourth-order valence-electron chi connectivity index (χ4n) is 5.67. The highest BCUT2D eigenvalue weighted by molar-refractivity contribution is 5.97. The monoisotopic (exact) mass is 454 g/mol. The molecule has 0 bridgehead atoms. The molecule has 0 aromatic heterocycles. The second kappa shape index (κ2) is 7.67. The third-order valence-electron chi connectivity index (χ3n) is 7.27. The molecule has 0 aliphatic heterocycles. The summed E-state index contributed by atoms with van der Waals surface area (Å²) in [6, 6.07) is 42.0. The minimum Gasteiger partial charge on any atom is -0.192 e. The minimum atomic E-state index is 0.659. The molecule has 2 aliphatic carbocycles. The topological polar surface area (TPSA) is 47.6 Å². The molecule has 0 saturated heterocycles. The van der Waals surface area contributed by atoms with Gasteiger partial charge in [-0.1, -0.05) is 72.8 Å². The zero-order valence-electron chi connectivity index (χ0n) is 19.3. The van der Waals surface area contributed by atoms with Crippen molar-refractivity contribution in [1.29, 1.82) is 10.5 Å². The number of rotatable bonds is 2. The lowest BCUT2D eigenvalue weighted by Crippen LogP contribution is -2.09. The first-order valence-electron chi connectivity index (χ1n) is 11.9. The fourth-order valence-corrected chi connectivity index (χ4v) is 5.67. The summed E-state index contributed by atoms with van der Waals surface area (Å²) < 4.78 is 0. The molecule has 0 heterocycles. The van der Waals surface area contributed by atoms with Gasteiger partial charge in [-0.3, -0.25) is 0 Å². The molecule has 5 aromatic carbocycles. The first-order chi connectivity index (χ1) is 17.8. The van der Waals surface area contributed by atoms with Crippen LogP contribution in [0.15, 0.2) is 109 Å². The SMILES string of the molecule is N#Cc1ccc(C2=c3cc4c(cc3-c3ccccc32)=c2ccccc2=C4c2ccc(C#N)cc2)cc1. The summed E-state index contributed by atoms with van der Waals surface area (Å²) in [4.78, 5) is 0. The predicted molar refractivity (Wildman–Crippen MR) is 141 cm³/mol. The van der Waals surface area contributed by atoms with E-state index in [1.54, 1.807) is 0 Å². The van der Waals surface area contributed by atoms with E-state index in [4.69, 9.17) is 0 Å². The minimum absolute atomic E-state index is 0.659. The highest BCUT2D eigenvalue weighted by atomic mass is 14.3. The van der Waals surface area contributed by atoms with Gasteiger partial charge in [0.1, 0.15) is 0 Å². The number of nitriles is 2. The highest BCUT2D eigenvalue weighted by Crippen LogP contribution is 2.37. The first-order valence-corrected chi connectivity index (χ1v) is 11.9. The van der Waals surface area contributed by atoms with Gasteiger partial charge in [-0.15, -0.1) is 0 Å². The van der Waals surface area contributed by atoms with Crippen LogP contribution in [0.3, 0.4) is 0 Å². The van der Waals surface area contributed by atoms with E-state index < -0.39 is 0 Å². The van der Waals surface area contributed by atoms with E-state index in [0.29, 0.717) is 11.1 Å². The normalized spacial score (nSPS) is 12.3. The number of hydrogen-bond donors (Lipinski definition) is 0. The van der Waals surface area contributed by atoms with E-state index in [1.807, 2.05) is 48.5 Å². The van der Waals surface area contributed by atoms with Crippen LogP contribution in [0.1, 0.15) is 33.4 Å². The molecule has 0 fully saturated rings. The van der Waals surface area contributed by atoms with Crippen molar-refractivity contribution in [3.05, 3.63) is 163 Å². The van der Waals surface area contributed by atoms with Crippen LogP contribution >= 0.6 is 0 Å². The summed E-state index contributed by atoms with van der Waals surface area (Å²) in [6.07, 6.45) is 0. The molecule has 2 nitrogen and oxygen atoms in total. The van der Waals surface area contributed by atoms with Crippen LogP contribution in [0, 0.1) is 33.1 Å². The molecule has 0 N–H and O–H groups in total. The van der Waals surface area contributed by atoms with E-state index in [1.165, 1.54) is 54.3 Å². The molecular weight excluding hydrogens is 436 g/mol. The number of benzene rings is 5. The molecule has 164 valence electrons. The van der Waals surface area contributed by atoms with E-state index in [2.05, 4.69) is 72.8 Å². The third kappa shape index (κ3) is 2.83. The van der Waals surface area contributed by atoms with E-state index in [0.717, 1.165) is 11.1 Å². The lowest BCUT2D eigenvalue weighted by molar-refractivity contribution is 1.45. The molecule has 0 unspecified atom stereocenters. The van der Waals surface area contributed by atoms with Crippen molar-refractivity contribution in [2.45, 2.75) is 0 Å². The average Bonchev–Trinajstić information content (AvgIpc) is 3.44. The fraction of sp³-hybridized carbons (Fsp3) is 0. The molecule has 2 heteroatoms. The van der Waals surface area contributed by atoms with Crippen LogP contribution in [0.4, 0.5) is 0 Å². The molecule has 0 radical (unpaired) electrons. The second-order valence-corrected chi connectivity index (χ2v) is 9.16. The van der Waals surface area contributed by atoms with Gasteiger partial charge in [0.15, 0.2) is 0 Å². The molecule has 0 amide bonds. The van der Waals surface area contributed by atoms with E-state index >= 15 is 0 Å². The van der Waals surface area contributed by atoms with Crippen LogP contribution in [0.5, 0.6) is 0 Å². The van der Waals surface area contributed by atoms with Crippen molar-refractivity contribution >= 4 is 11.1 Å². The van der Waals surface area contributed by atoms with Crippen LogP contribution < -0.4 is 10.4 Å². The van der Waals surface area contributed by atoms with Gasteiger partial charge in [0.25, 0.3) is 0 Å². The molecule has 7 rings (SSSR count). The van der Waals surface area contributed by atoms with Crippen molar-refractivity contribution in [3.63, 3.8) is 0 Å². The number of hydrogen-bond acceptors (Lipinski definition) is 2. The van der Waals surface area contributed by atoms with E-state index in [-0.39, 0.29) is 0 Å². The maximum atomic E-state index is 9.29. The summed E-state index contributed by atoms with van der Waals surface area (Å²) in [6.45, 7) is 0. The molecule has 5 aromatic rings. The Bertz CT molecular complexity index is 2030. The maximum absolute atomic E-state index is 9.29. The van der Waals surface area contributed by atoms with Gasteiger partial charge in [0.2, 0.25) is 0 Å². The summed E-state index contributed by atoms with van der Waals surface area (Å²) in [5, 5.41) is 23.5. The Kier molecular flexibility index (Phi) is 4.31. The summed E-state index contributed by atoms with van der Waals surface area (Å²) in [7, 11) is 0. The smallest absolute Gasteiger partial charge is 0.0991 e. The van der Waals surface area contributed by atoms with Gasteiger partial charge in [-0.05, 0) is 102 Å². The summed E-state index contributed by atoms with van der Waals surface area (Å²) in [5.74, 6) is 0. The van der Waals surface area contributed by atoms with Crippen LogP contribution in [0.25, 0.3) is 22.3 Å². The van der Waals surface area contributed by atoms with Crippen molar-refractivity contribution in [2.75, 3.05) is 0 Å². The summed E-state index contributed by atoms with van der Waals surface area (Å²) >= 11 is 0. The van der Waals surface area contributed by atoms with Crippen LogP contribution in [-0.4, -0.2) is 0 Å². The van der Waals surface area contributed by atoms with Gasteiger partial charge < -0.3 is 0 Å². The van der Waals surface area contributed by atoms with Gasteiger partial charge in [-0.2, -0.15) is 10.5 Å². The Morgan fingerprint density at radius 1 is 0.389 bits per heavy atom. The lowest BCUT2D eigenvalue weighted by Gasteiger charge is -2.09. The lowest BCUT2D eigenvalue weighted by atomic mass is 9.94.